The van der Waals surface area contributed by atoms with Crippen LogP contribution in [0.4, 0.5) is 11.5 Å². The molecule has 0 bridgehead atoms. The maximum atomic E-state index is 8.82. The third kappa shape index (κ3) is 3.92. The molecule has 1 aromatic rings. The van der Waals surface area contributed by atoms with Crippen molar-refractivity contribution in [3.8, 4) is 6.07 Å². The highest BCUT2D eigenvalue weighted by Gasteiger charge is 2.11. The number of unbranched alkanes of at least 4 members (excludes halogenated alkanes) is 2. The Hall–Kier alpha value is -1.76. The fraction of sp³-hybridized carbons (Fsp3) is 0.571. The largest absolute Gasteiger partial charge is 0.396 e. The van der Waals surface area contributed by atoms with Gasteiger partial charge in [-0.2, -0.15) is 5.26 Å². The first-order valence-electron chi connectivity index (χ1n) is 6.63. The van der Waals surface area contributed by atoms with Gasteiger partial charge in [0.05, 0.1) is 11.3 Å². The Kier molecular flexibility index (Phi) is 5.99. The number of rotatable bonds is 7. The van der Waals surface area contributed by atoms with Gasteiger partial charge in [0.2, 0.25) is 0 Å². The quantitative estimate of drug-likeness (QED) is 0.803. The second-order valence-electron chi connectivity index (χ2n) is 4.44. The number of aromatic nitrogens is 1. The van der Waals surface area contributed by atoms with Gasteiger partial charge in [0.1, 0.15) is 6.07 Å². The van der Waals surface area contributed by atoms with Gasteiger partial charge in [0, 0.05) is 19.3 Å². The van der Waals surface area contributed by atoms with Crippen LogP contribution in [0.15, 0.2) is 12.3 Å². The summed E-state index contributed by atoms with van der Waals surface area (Å²) in [6.07, 6.45) is 6.16. The summed E-state index contributed by atoms with van der Waals surface area (Å²) in [7, 11) is 0. The van der Waals surface area contributed by atoms with Crippen LogP contribution in [-0.4, -0.2) is 18.1 Å². The average Bonchev–Trinajstić information content (AvgIpc) is 2.39. The maximum Gasteiger partial charge on any atom is 0.151 e. The Morgan fingerprint density at radius 2 is 1.89 bits per heavy atom. The molecule has 0 unspecified atom stereocenters. The van der Waals surface area contributed by atoms with Crippen LogP contribution in [0.5, 0.6) is 0 Å². The average molecular weight is 246 g/mol. The topological polar surface area (TPSA) is 65.9 Å². The molecule has 0 aromatic carbocycles. The second-order valence-corrected chi connectivity index (χ2v) is 4.44. The van der Waals surface area contributed by atoms with Crippen LogP contribution in [0.25, 0.3) is 0 Å². The van der Waals surface area contributed by atoms with Crippen molar-refractivity contribution in [3.63, 3.8) is 0 Å². The van der Waals surface area contributed by atoms with Crippen LogP contribution in [0.2, 0.25) is 0 Å². The molecule has 0 fully saturated rings. The van der Waals surface area contributed by atoms with E-state index in [1.807, 2.05) is 0 Å². The lowest BCUT2D eigenvalue weighted by atomic mass is 10.2. The van der Waals surface area contributed by atoms with E-state index < -0.39 is 0 Å². The number of nitriles is 1. The molecular formula is C14H22N4. The van der Waals surface area contributed by atoms with Crippen LogP contribution in [0.1, 0.15) is 45.1 Å². The summed E-state index contributed by atoms with van der Waals surface area (Å²) in [6.45, 7) is 6.29. The van der Waals surface area contributed by atoms with Crippen molar-refractivity contribution in [3.05, 3.63) is 17.8 Å². The number of pyridine rings is 1. The number of nitrogens with two attached hydrogens (primary N) is 1. The molecule has 0 radical (unpaired) electrons. The van der Waals surface area contributed by atoms with E-state index in [1.165, 1.54) is 0 Å². The molecule has 0 saturated heterocycles. The van der Waals surface area contributed by atoms with E-state index in [9.17, 15) is 0 Å². The zero-order chi connectivity index (χ0) is 13.4. The van der Waals surface area contributed by atoms with E-state index >= 15 is 0 Å². The van der Waals surface area contributed by atoms with Gasteiger partial charge in [0.15, 0.2) is 5.82 Å². The van der Waals surface area contributed by atoms with E-state index in [2.05, 4.69) is 29.8 Å². The van der Waals surface area contributed by atoms with Gasteiger partial charge in [-0.25, -0.2) is 4.98 Å². The fourth-order valence-electron chi connectivity index (χ4n) is 1.82. The van der Waals surface area contributed by atoms with E-state index in [0.717, 1.165) is 44.6 Å². The molecule has 4 nitrogen and oxygen atoms in total. The zero-order valence-corrected chi connectivity index (χ0v) is 11.3. The fourth-order valence-corrected chi connectivity index (χ4v) is 1.82. The molecule has 0 aliphatic rings. The summed E-state index contributed by atoms with van der Waals surface area (Å²) in [5.74, 6) is 0.816. The molecule has 0 saturated carbocycles. The Bertz CT molecular complexity index is 401. The summed E-state index contributed by atoms with van der Waals surface area (Å²) in [5.41, 5.74) is 7.10. The highest BCUT2D eigenvalue weighted by atomic mass is 15.2. The zero-order valence-electron chi connectivity index (χ0n) is 11.3. The van der Waals surface area contributed by atoms with E-state index in [4.69, 9.17) is 11.0 Å². The Morgan fingerprint density at radius 1 is 1.28 bits per heavy atom. The molecule has 0 aliphatic carbocycles. The minimum atomic E-state index is 0.516. The molecule has 18 heavy (non-hydrogen) atoms. The third-order valence-corrected chi connectivity index (χ3v) is 2.89. The van der Waals surface area contributed by atoms with Crippen LogP contribution in [-0.2, 0) is 0 Å². The van der Waals surface area contributed by atoms with Gasteiger partial charge in [-0.1, -0.05) is 26.7 Å². The molecule has 0 aliphatic heterocycles. The molecule has 1 heterocycles. The normalized spacial score (nSPS) is 10.1. The summed E-state index contributed by atoms with van der Waals surface area (Å²) in [4.78, 5) is 6.56. The van der Waals surface area contributed by atoms with Gasteiger partial charge in [-0.3, -0.25) is 0 Å². The predicted molar refractivity (Wildman–Crippen MR) is 75.4 cm³/mol. The molecule has 0 atom stereocenters. The van der Waals surface area contributed by atoms with E-state index in [0.29, 0.717) is 11.3 Å². The van der Waals surface area contributed by atoms with E-state index in [1.54, 1.807) is 12.3 Å². The molecule has 2 N–H and O–H groups in total. The molecule has 0 spiro atoms. The first-order valence-corrected chi connectivity index (χ1v) is 6.63. The number of hydrogen-bond donors (Lipinski definition) is 1. The third-order valence-electron chi connectivity index (χ3n) is 2.89. The predicted octanol–water partition coefficient (Wildman–Crippen LogP) is 2.94. The van der Waals surface area contributed by atoms with E-state index in [-0.39, 0.29) is 0 Å². The van der Waals surface area contributed by atoms with Crippen LogP contribution < -0.4 is 10.6 Å². The molecule has 1 aromatic heterocycles. The lowest BCUT2D eigenvalue weighted by molar-refractivity contribution is 0.672. The minimum Gasteiger partial charge on any atom is -0.396 e. The lowest BCUT2D eigenvalue weighted by Gasteiger charge is -2.24. The van der Waals surface area contributed by atoms with Crippen LogP contribution >= 0.6 is 0 Å². The molecular weight excluding hydrogens is 224 g/mol. The summed E-state index contributed by atoms with van der Waals surface area (Å²) >= 11 is 0. The van der Waals surface area contributed by atoms with Crippen LogP contribution in [0, 0.1) is 11.3 Å². The lowest BCUT2D eigenvalue weighted by Crippen LogP contribution is -2.27. The Morgan fingerprint density at radius 3 is 2.33 bits per heavy atom. The van der Waals surface area contributed by atoms with Crippen molar-refractivity contribution >= 4 is 11.5 Å². The summed E-state index contributed by atoms with van der Waals surface area (Å²) in [5, 5.41) is 8.82. The number of anilines is 2. The first-order chi connectivity index (χ1) is 8.72. The Labute approximate surface area is 109 Å². The van der Waals surface area contributed by atoms with Crippen molar-refractivity contribution < 1.29 is 0 Å². The monoisotopic (exact) mass is 246 g/mol. The summed E-state index contributed by atoms with van der Waals surface area (Å²) in [6, 6.07) is 3.76. The number of nitrogens with zero attached hydrogens (tertiary/aromatic N) is 3. The van der Waals surface area contributed by atoms with Gasteiger partial charge in [-0.05, 0) is 18.9 Å². The SMILES string of the molecule is CCCCN(CCCC)c1ncc(C#N)cc1N. The van der Waals surface area contributed by atoms with Crippen molar-refractivity contribution in [2.45, 2.75) is 39.5 Å². The van der Waals surface area contributed by atoms with Gasteiger partial charge < -0.3 is 10.6 Å². The number of nitrogen functional groups attached to an aromatic ring is 1. The van der Waals surface area contributed by atoms with Crippen molar-refractivity contribution in [2.75, 3.05) is 23.7 Å². The van der Waals surface area contributed by atoms with Crippen molar-refractivity contribution in [1.82, 2.24) is 4.98 Å². The highest BCUT2D eigenvalue weighted by molar-refractivity contribution is 5.64. The first kappa shape index (κ1) is 14.3. The molecule has 0 amide bonds. The second kappa shape index (κ2) is 7.54. The maximum absolute atomic E-state index is 8.82. The minimum absolute atomic E-state index is 0.516. The number of hydrogen-bond acceptors (Lipinski definition) is 4. The highest BCUT2D eigenvalue weighted by Crippen LogP contribution is 2.21. The molecule has 98 valence electrons. The summed E-state index contributed by atoms with van der Waals surface area (Å²) < 4.78 is 0. The van der Waals surface area contributed by atoms with Gasteiger partial charge in [0.25, 0.3) is 0 Å². The molecule has 4 heteroatoms. The van der Waals surface area contributed by atoms with Crippen LogP contribution in [0.3, 0.4) is 0 Å². The molecule has 1 rings (SSSR count). The standard InChI is InChI=1S/C14H22N4/c1-3-5-7-18(8-6-4-2)14-13(16)9-12(10-15)11-17-14/h9,11H,3-8,16H2,1-2H3. The van der Waals surface area contributed by atoms with Crippen molar-refractivity contribution in [1.29, 1.82) is 5.26 Å². The smallest absolute Gasteiger partial charge is 0.151 e. The van der Waals surface area contributed by atoms with Gasteiger partial charge >= 0.3 is 0 Å². The van der Waals surface area contributed by atoms with Crippen molar-refractivity contribution in [2.24, 2.45) is 0 Å². The van der Waals surface area contributed by atoms with Gasteiger partial charge in [-0.15, -0.1) is 0 Å². The Balaban J connectivity index is 2.86.